The lowest BCUT2D eigenvalue weighted by Gasteiger charge is -2.13. The molecule has 1 aromatic carbocycles. The van der Waals surface area contributed by atoms with E-state index in [0.29, 0.717) is 35.8 Å². The van der Waals surface area contributed by atoms with Gasteiger partial charge in [0.05, 0.1) is 24.3 Å². The number of rotatable bonds is 18. The maximum Gasteiger partial charge on any atom is 0.136 e. The van der Waals surface area contributed by atoms with Crippen LogP contribution in [0.25, 0.3) is 0 Å². The van der Waals surface area contributed by atoms with E-state index in [-0.39, 0.29) is 0 Å². The summed E-state index contributed by atoms with van der Waals surface area (Å²) in [5.74, 6) is 6.83. The molecule has 0 unspecified atom stereocenters. The highest BCUT2D eigenvalue weighted by Gasteiger charge is 2.10. The molecule has 0 saturated heterocycles. The third-order valence-corrected chi connectivity index (χ3v) is 5.40. The molecule has 0 saturated carbocycles. The summed E-state index contributed by atoms with van der Waals surface area (Å²) in [4.78, 5) is 0. The highest BCUT2D eigenvalue weighted by molar-refractivity contribution is 5.57. The van der Waals surface area contributed by atoms with Gasteiger partial charge in [0.15, 0.2) is 0 Å². The van der Waals surface area contributed by atoms with Crippen molar-refractivity contribution in [2.45, 2.75) is 104 Å². The van der Waals surface area contributed by atoms with E-state index in [1.807, 2.05) is 12.1 Å². The van der Waals surface area contributed by atoms with Crippen molar-refractivity contribution >= 4 is 0 Å². The van der Waals surface area contributed by atoms with E-state index in [0.717, 1.165) is 12.8 Å². The third kappa shape index (κ3) is 11.2. The highest BCUT2D eigenvalue weighted by atomic mass is 16.5. The standard InChI is InChI=1S/C28H42O2/c1-5-9-11-13-15-17-19-21-29-27-23-26(8-4)28(24-25(27)7-3)30-22-20-18-16-14-12-10-6-2/h3-4,23-24H,5-6,9-22H2,1-2H3. The van der Waals surface area contributed by atoms with Gasteiger partial charge in [-0.25, -0.2) is 0 Å². The fourth-order valence-electron chi connectivity index (χ4n) is 3.51. The number of benzene rings is 1. The van der Waals surface area contributed by atoms with Crippen LogP contribution in [0.4, 0.5) is 0 Å². The average Bonchev–Trinajstić information content (AvgIpc) is 2.77. The van der Waals surface area contributed by atoms with Gasteiger partial charge in [0.1, 0.15) is 11.5 Å². The number of terminal acetylenes is 2. The van der Waals surface area contributed by atoms with Gasteiger partial charge in [-0.05, 0) is 12.8 Å². The quantitative estimate of drug-likeness (QED) is 0.181. The summed E-state index contributed by atoms with van der Waals surface area (Å²) >= 11 is 0. The van der Waals surface area contributed by atoms with E-state index in [2.05, 4.69) is 25.7 Å². The summed E-state index contributed by atoms with van der Waals surface area (Å²) in [5, 5.41) is 0. The van der Waals surface area contributed by atoms with Crippen LogP contribution in [0.15, 0.2) is 12.1 Å². The summed E-state index contributed by atoms with van der Waals surface area (Å²) in [6.07, 6.45) is 29.0. The molecule has 0 bridgehead atoms. The Bertz CT molecular complexity index is 590. The SMILES string of the molecule is C#Cc1cc(OCCCCCCCCC)c(C#C)cc1OCCCCCCCCC. The normalized spacial score (nSPS) is 10.4. The molecule has 2 nitrogen and oxygen atoms in total. The van der Waals surface area contributed by atoms with Gasteiger partial charge in [0.25, 0.3) is 0 Å². The molecule has 166 valence electrons. The topological polar surface area (TPSA) is 18.5 Å². The molecule has 0 amide bonds. The second-order valence-corrected chi connectivity index (χ2v) is 8.07. The van der Waals surface area contributed by atoms with Crippen LogP contribution in [0.1, 0.15) is 115 Å². The Kier molecular flexibility index (Phi) is 15.4. The predicted octanol–water partition coefficient (Wildman–Crippen LogP) is 7.91. The molecule has 0 aliphatic rings. The molecule has 0 atom stereocenters. The summed E-state index contributed by atoms with van der Waals surface area (Å²) in [7, 11) is 0. The van der Waals surface area contributed by atoms with Gasteiger partial charge in [-0.15, -0.1) is 12.8 Å². The molecule has 0 N–H and O–H groups in total. The highest BCUT2D eigenvalue weighted by Crippen LogP contribution is 2.29. The van der Waals surface area contributed by atoms with Crippen LogP contribution >= 0.6 is 0 Å². The zero-order chi connectivity index (χ0) is 21.9. The number of hydrogen-bond donors (Lipinski definition) is 0. The average molecular weight is 411 g/mol. The minimum atomic E-state index is 0.671. The lowest BCUT2D eigenvalue weighted by atomic mass is 10.1. The lowest BCUT2D eigenvalue weighted by molar-refractivity contribution is 0.295. The van der Waals surface area contributed by atoms with Crippen LogP contribution in [-0.2, 0) is 0 Å². The molecule has 2 heteroatoms. The van der Waals surface area contributed by atoms with Gasteiger partial charge in [-0.1, -0.05) is 103 Å². The van der Waals surface area contributed by atoms with Crippen molar-refractivity contribution in [1.29, 1.82) is 0 Å². The predicted molar refractivity (Wildman–Crippen MR) is 129 cm³/mol. The first-order valence-corrected chi connectivity index (χ1v) is 12.1. The van der Waals surface area contributed by atoms with Crippen LogP contribution in [0.2, 0.25) is 0 Å². The fraction of sp³-hybridized carbons (Fsp3) is 0.643. The Labute approximate surface area is 186 Å². The van der Waals surface area contributed by atoms with E-state index < -0.39 is 0 Å². The zero-order valence-corrected chi connectivity index (χ0v) is 19.4. The molecule has 0 heterocycles. The zero-order valence-electron chi connectivity index (χ0n) is 19.4. The maximum atomic E-state index is 5.95. The van der Waals surface area contributed by atoms with Gasteiger partial charge in [-0.2, -0.15) is 0 Å². The second-order valence-electron chi connectivity index (χ2n) is 8.07. The van der Waals surface area contributed by atoms with Gasteiger partial charge >= 0.3 is 0 Å². The molecule has 0 radical (unpaired) electrons. The van der Waals surface area contributed by atoms with E-state index in [1.54, 1.807) is 0 Å². The number of ether oxygens (including phenoxy) is 2. The maximum absolute atomic E-state index is 5.95. The summed E-state index contributed by atoms with van der Waals surface area (Å²) in [5.41, 5.74) is 1.43. The van der Waals surface area contributed by atoms with Crippen molar-refractivity contribution in [2.75, 3.05) is 13.2 Å². The van der Waals surface area contributed by atoms with Crippen molar-refractivity contribution in [3.8, 4) is 36.2 Å². The molecule has 1 aromatic rings. The van der Waals surface area contributed by atoms with Crippen LogP contribution in [0.5, 0.6) is 11.5 Å². The smallest absolute Gasteiger partial charge is 0.136 e. The molecule has 0 aromatic heterocycles. The monoisotopic (exact) mass is 410 g/mol. The first-order chi connectivity index (χ1) is 14.8. The minimum Gasteiger partial charge on any atom is -0.492 e. The van der Waals surface area contributed by atoms with Crippen molar-refractivity contribution in [3.05, 3.63) is 23.3 Å². The fourth-order valence-corrected chi connectivity index (χ4v) is 3.51. The summed E-state index contributed by atoms with van der Waals surface area (Å²) in [6, 6.07) is 3.72. The van der Waals surface area contributed by atoms with E-state index in [9.17, 15) is 0 Å². The molecule has 1 rings (SSSR count). The first-order valence-electron chi connectivity index (χ1n) is 12.1. The van der Waals surface area contributed by atoms with E-state index >= 15 is 0 Å². The van der Waals surface area contributed by atoms with Crippen molar-refractivity contribution in [1.82, 2.24) is 0 Å². The minimum absolute atomic E-state index is 0.671. The van der Waals surface area contributed by atoms with Gasteiger partial charge < -0.3 is 9.47 Å². The summed E-state index contributed by atoms with van der Waals surface area (Å²) < 4.78 is 11.9. The number of unbranched alkanes of at least 4 members (excludes halogenated alkanes) is 12. The molecule has 30 heavy (non-hydrogen) atoms. The van der Waals surface area contributed by atoms with Crippen LogP contribution in [-0.4, -0.2) is 13.2 Å². The van der Waals surface area contributed by atoms with Crippen LogP contribution < -0.4 is 9.47 Å². The van der Waals surface area contributed by atoms with Gasteiger partial charge in [0.2, 0.25) is 0 Å². The number of hydrogen-bond acceptors (Lipinski definition) is 2. The third-order valence-electron chi connectivity index (χ3n) is 5.40. The molecule has 0 aliphatic carbocycles. The Hall–Kier alpha value is -2.06. The van der Waals surface area contributed by atoms with Gasteiger partial charge in [-0.3, -0.25) is 0 Å². The van der Waals surface area contributed by atoms with Crippen molar-refractivity contribution in [3.63, 3.8) is 0 Å². The Morgan fingerprint density at radius 1 is 0.567 bits per heavy atom. The van der Waals surface area contributed by atoms with Crippen molar-refractivity contribution in [2.24, 2.45) is 0 Å². The Morgan fingerprint density at radius 2 is 0.900 bits per heavy atom. The van der Waals surface area contributed by atoms with Crippen LogP contribution in [0.3, 0.4) is 0 Å². The molecular weight excluding hydrogens is 368 g/mol. The molecule has 0 spiro atoms. The molecule has 0 aliphatic heterocycles. The van der Waals surface area contributed by atoms with Gasteiger partial charge in [0, 0.05) is 12.1 Å². The largest absolute Gasteiger partial charge is 0.492 e. The molecular formula is C28H42O2. The lowest BCUT2D eigenvalue weighted by Crippen LogP contribution is -2.03. The van der Waals surface area contributed by atoms with E-state index in [4.69, 9.17) is 22.3 Å². The van der Waals surface area contributed by atoms with Crippen molar-refractivity contribution < 1.29 is 9.47 Å². The second kappa shape index (κ2) is 17.8. The van der Waals surface area contributed by atoms with Crippen LogP contribution in [0, 0.1) is 24.7 Å². The summed E-state index contributed by atoms with van der Waals surface area (Å²) in [6.45, 7) is 5.83. The first kappa shape index (κ1) is 26.0. The van der Waals surface area contributed by atoms with E-state index in [1.165, 1.54) is 77.0 Å². The Balaban J connectivity index is 2.41. The molecule has 0 fully saturated rings. The Morgan fingerprint density at radius 3 is 1.23 bits per heavy atom.